The minimum Gasteiger partial charge on any atom is -0.497 e. The molecule has 0 unspecified atom stereocenters. The van der Waals surface area contributed by atoms with E-state index in [0.29, 0.717) is 31.9 Å². The molecule has 4 aromatic rings. The zero-order valence-electron chi connectivity index (χ0n) is 21.4. The first kappa shape index (κ1) is 24.5. The van der Waals surface area contributed by atoms with Gasteiger partial charge in [-0.15, -0.1) is 0 Å². The van der Waals surface area contributed by atoms with Crippen molar-refractivity contribution in [2.75, 3.05) is 44.8 Å². The van der Waals surface area contributed by atoms with Gasteiger partial charge in [0.2, 0.25) is 0 Å². The molecule has 190 valence electrons. The van der Waals surface area contributed by atoms with Gasteiger partial charge in [0.05, 0.1) is 13.7 Å². The van der Waals surface area contributed by atoms with Crippen molar-refractivity contribution in [2.24, 2.45) is 0 Å². The van der Waals surface area contributed by atoms with Crippen LogP contribution in [0.3, 0.4) is 0 Å². The van der Waals surface area contributed by atoms with Crippen LogP contribution in [0, 0.1) is 0 Å². The van der Waals surface area contributed by atoms with E-state index in [4.69, 9.17) is 14.2 Å². The summed E-state index contributed by atoms with van der Waals surface area (Å²) in [6.07, 6.45) is 0. The molecule has 1 heterocycles. The number of carbonyl (C=O) groups is 1. The number of methoxy groups -OCH3 is 1. The van der Waals surface area contributed by atoms with Crippen molar-refractivity contribution in [1.29, 1.82) is 0 Å². The monoisotopic (exact) mass is 496 g/mol. The molecule has 0 radical (unpaired) electrons. The van der Waals surface area contributed by atoms with Crippen molar-refractivity contribution in [2.45, 2.75) is 13.5 Å². The second-order valence-corrected chi connectivity index (χ2v) is 9.00. The van der Waals surface area contributed by atoms with Gasteiger partial charge in [-0.1, -0.05) is 36.4 Å². The topological polar surface area (TPSA) is 51.2 Å². The fourth-order valence-corrected chi connectivity index (χ4v) is 4.74. The number of hydrogen-bond acceptors (Lipinski definition) is 5. The lowest BCUT2D eigenvalue weighted by Gasteiger charge is -2.36. The highest BCUT2D eigenvalue weighted by molar-refractivity contribution is 5.95. The Kier molecular flexibility index (Phi) is 7.45. The van der Waals surface area contributed by atoms with Crippen molar-refractivity contribution in [3.8, 4) is 17.2 Å². The van der Waals surface area contributed by atoms with Crippen LogP contribution in [0.5, 0.6) is 17.2 Å². The molecule has 6 nitrogen and oxygen atoms in total. The molecule has 0 aliphatic carbocycles. The Hall–Kier alpha value is -4.19. The number of piperazine rings is 1. The molecule has 1 aliphatic heterocycles. The molecule has 5 rings (SSSR count). The summed E-state index contributed by atoms with van der Waals surface area (Å²) in [5.41, 5.74) is 2.65. The lowest BCUT2D eigenvalue weighted by atomic mass is 10.1. The first-order valence-electron chi connectivity index (χ1n) is 12.7. The van der Waals surface area contributed by atoms with Crippen LogP contribution in [0.25, 0.3) is 10.8 Å². The highest BCUT2D eigenvalue weighted by Crippen LogP contribution is 2.29. The first-order valence-corrected chi connectivity index (χ1v) is 12.7. The zero-order valence-corrected chi connectivity index (χ0v) is 21.4. The second-order valence-electron chi connectivity index (χ2n) is 9.00. The largest absolute Gasteiger partial charge is 0.497 e. The van der Waals surface area contributed by atoms with Crippen molar-refractivity contribution < 1.29 is 19.0 Å². The normalized spacial score (nSPS) is 13.5. The average Bonchev–Trinajstić information content (AvgIpc) is 2.96. The lowest BCUT2D eigenvalue weighted by molar-refractivity contribution is 0.0746. The summed E-state index contributed by atoms with van der Waals surface area (Å²) in [4.78, 5) is 17.6. The minimum atomic E-state index is 0.0313. The molecule has 1 aliphatic rings. The van der Waals surface area contributed by atoms with Crippen molar-refractivity contribution in [1.82, 2.24) is 4.90 Å². The minimum absolute atomic E-state index is 0.0313. The van der Waals surface area contributed by atoms with E-state index in [1.54, 1.807) is 7.11 Å². The Morgan fingerprint density at radius 2 is 1.57 bits per heavy atom. The zero-order chi connectivity index (χ0) is 25.6. The van der Waals surface area contributed by atoms with Gasteiger partial charge in [0, 0.05) is 48.4 Å². The van der Waals surface area contributed by atoms with Crippen LogP contribution in [0.1, 0.15) is 22.8 Å². The number of fused-ring (bicyclic) bond motifs is 1. The highest BCUT2D eigenvalue weighted by Gasteiger charge is 2.23. The third-order valence-corrected chi connectivity index (χ3v) is 6.74. The number of ether oxygens (including phenoxy) is 3. The number of anilines is 1. The summed E-state index contributed by atoms with van der Waals surface area (Å²) in [5.74, 6) is 2.42. The number of nitrogens with zero attached hydrogens (tertiary/aromatic N) is 2. The van der Waals surface area contributed by atoms with Crippen LogP contribution in [0.15, 0.2) is 84.9 Å². The van der Waals surface area contributed by atoms with E-state index in [1.807, 2.05) is 66.4 Å². The molecule has 0 bridgehead atoms. The van der Waals surface area contributed by atoms with Gasteiger partial charge in [0.15, 0.2) is 0 Å². The second kappa shape index (κ2) is 11.2. The maximum absolute atomic E-state index is 13.4. The van der Waals surface area contributed by atoms with Gasteiger partial charge in [-0.3, -0.25) is 4.79 Å². The Morgan fingerprint density at radius 3 is 2.32 bits per heavy atom. The molecular weight excluding hydrogens is 464 g/mol. The number of hydrogen-bond donors (Lipinski definition) is 0. The molecule has 0 saturated carbocycles. The summed E-state index contributed by atoms with van der Waals surface area (Å²) in [5, 5.41) is 2.19. The van der Waals surface area contributed by atoms with Crippen LogP contribution >= 0.6 is 0 Å². The van der Waals surface area contributed by atoms with Gasteiger partial charge < -0.3 is 24.0 Å². The van der Waals surface area contributed by atoms with Gasteiger partial charge in [0.1, 0.15) is 23.9 Å². The van der Waals surface area contributed by atoms with E-state index < -0.39 is 0 Å². The Morgan fingerprint density at radius 1 is 0.811 bits per heavy atom. The van der Waals surface area contributed by atoms with Gasteiger partial charge in [-0.25, -0.2) is 0 Å². The first-order chi connectivity index (χ1) is 18.2. The molecule has 37 heavy (non-hydrogen) atoms. The summed E-state index contributed by atoms with van der Waals surface area (Å²) in [6.45, 7) is 5.71. The van der Waals surface area contributed by atoms with Crippen molar-refractivity contribution >= 4 is 22.4 Å². The maximum atomic E-state index is 13.4. The molecule has 0 atom stereocenters. The molecule has 0 spiro atoms. The molecule has 0 N–H and O–H groups in total. The lowest BCUT2D eigenvalue weighted by Crippen LogP contribution is -2.48. The Balaban J connectivity index is 1.28. The van der Waals surface area contributed by atoms with E-state index in [9.17, 15) is 4.79 Å². The highest BCUT2D eigenvalue weighted by atomic mass is 16.5. The van der Waals surface area contributed by atoms with Gasteiger partial charge >= 0.3 is 0 Å². The molecule has 4 aromatic carbocycles. The Bertz CT molecular complexity index is 1360. The summed E-state index contributed by atoms with van der Waals surface area (Å²) < 4.78 is 17.3. The van der Waals surface area contributed by atoms with Crippen LogP contribution in [0.2, 0.25) is 0 Å². The quantitative estimate of drug-likeness (QED) is 0.309. The van der Waals surface area contributed by atoms with Gasteiger partial charge in [0.25, 0.3) is 5.91 Å². The van der Waals surface area contributed by atoms with Crippen molar-refractivity contribution in [3.05, 3.63) is 96.1 Å². The van der Waals surface area contributed by atoms with E-state index in [1.165, 1.54) is 0 Å². The van der Waals surface area contributed by atoms with E-state index in [2.05, 4.69) is 35.2 Å². The number of amides is 1. The maximum Gasteiger partial charge on any atom is 0.253 e. The standard InChI is InChI=1S/C31H32N2O4/c1-3-36-29-16-11-24(21-25(29)22-37-30-10-6-8-23-7-4-5-9-28(23)30)31(34)33-19-17-32(18-20-33)26-12-14-27(35-2)15-13-26/h4-16,21H,3,17-20,22H2,1-2H3. The predicted octanol–water partition coefficient (Wildman–Crippen LogP) is 5.79. The summed E-state index contributed by atoms with van der Waals surface area (Å²) >= 11 is 0. The van der Waals surface area contributed by atoms with Crippen LogP contribution in [0.4, 0.5) is 5.69 Å². The predicted molar refractivity (Wildman–Crippen MR) is 147 cm³/mol. The van der Waals surface area contributed by atoms with Crippen LogP contribution < -0.4 is 19.1 Å². The fraction of sp³-hybridized carbons (Fsp3) is 0.258. The van der Waals surface area contributed by atoms with Crippen LogP contribution in [-0.2, 0) is 6.61 Å². The van der Waals surface area contributed by atoms with E-state index in [-0.39, 0.29) is 5.91 Å². The van der Waals surface area contributed by atoms with Crippen molar-refractivity contribution in [3.63, 3.8) is 0 Å². The number of carbonyl (C=O) groups excluding carboxylic acids is 1. The molecule has 1 fully saturated rings. The summed E-state index contributed by atoms with van der Waals surface area (Å²) in [7, 11) is 1.67. The van der Waals surface area contributed by atoms with E-state index >= 15 is 0 Å². The third kappa shape index (κ3) is 5.48. The smallest absolute Gasteiger partial charge is 0.253 e. The Labute approximate surface area is 218 Å². The third-order valence-electron chi connectivity index (χ3n) is 6.74. The molecule has 1 amide bonds. The molecular formula is C31H32N2O4. The number of rotatable bonds is 8. The van der Waals surface area contributed by atoms with E-state index in [0.717, 1.165) is 52.4 Å². The number of benzene rings is 4. The fourth-order valence-electron chi connectivity index (χ4n) is 4.74. The summed E-state index contributed by atoms with van der Waals surface area (Å²) in [6, 6.07) is 27.9. The SMILES string of the molecule is CCOc1ccc(C(=O)N2CCN(c3ccc(OC)cc3)CC2)cc1COc1cccc2ccccc12. The average molecular weight is 497 g/mol. The molecule has 6 heteroatoms. The van der Waals surface area contributed by atoms with Gasteiger partial charge in [-0.2, -0.15) is 0 Å². The van der Waals surface area contributed by atoms with Crippen LogP contribution in [-0.4, -0.2) is 50.7 Å². The molecule has 1 saturated heterocycles. The van der Waals surface area contributed by atoms with Gasteiger partial charge in [-0.05, 0) is 60.8 Å². The molecule has 0 aromatic heterocycles.